The summed E-state index contributed by atoms with van der Waals surface area (Å²) in [5.74, 6) is 0.725. The largest absolute Gasteiger partial charge is 0.405 e. The summed E-state index contributed by atoms with van der Waals surface area (Å²) in [5.41, 5.74) is 6.96. The van der Waals surface area contributed by atoms with Crippen molar-refractivity contribution in [1.29, 1.82) is 0 Å². The Balaban J connectivity index is 1.46. The molecule has 2 aromatic carbocycles. The maximum atomic E-state index is 11.1. The van der Waals surface area contributed by atoms with Gasteiger partial charge in [-0.2, -0.15) is 0 Å². The van der Waals surface area contributed by atoms with Crippen LogP contribution in [0.5, 0.6) is 0 Å². The molecule has 2 aromatic heterocycles. The number of fused-ring (bicyclic) bond motifs is 1. The van der Waals surface area contributed by atoms with Crippen molar-refractivity contribution >= 4 is 35.7 Å². The summed E-state index contributed by atoms with van der Waals surface area (Å²) in [6, 6.07) is 20.5. The van der Waals surface area contributed by atoms with Gasteiger partial charge < -0.3 is 29.8 Å². The van der Waals surface area contributed by atoms with Crippen LogP contribution in [-0.4, -0.2) is 76.7 Å². The highest BCUT2D eigenvalue weighted by molar-refractivity contribution is 6.99. The zero-order valence-electron chi connectivity index (χ0n) is 23.3. The maximum Gasteiger partial charge on any atom is 0.261 e. The Bertz CT molecular complexity index is 1390. The third kappa shape index (κ3) is 5.04. The van der Waals surface area contributed by atoms with Gasteiger partial charge >= 0.3 is 0 Å². The van der Waals surface area contributed by atoms with E-state index in [1.807, 2.05) is 36.4 Å². The lowest BCUT2D eigenvalue weighted by molar-refractivity contribution is -0.0486. The molecule has 0 radical (unpaired) electrons. The summed E-state index contributed by atoms with van der Waals surface area (Å²) in [7, 11) is -1.27. The van der Waals surface area contributed by atoms with Crippen molar-refractivity contribution < 1.29 is 24.1 Å². The second kappa shape index (κ2) is 11.4. The molecule has 5 rings (SSSR count). The van der Waals surface area contributed by atoms with Crippen molar-refractivity contribution in [3.8, 4) is 0 Å². The lowest BCUT2D eigenvalue weighted by Gasteiger charge is -2.43. The molecule has 0 bridgehead atoms. The van der Waals surface area contributed by atoms with Gasteiger partial charge in [-0.25, -0.2) is 15.0 Å². The fourth-order valence-electron chi connectivity index (χ4n) is 5.54. The predicted molar refractivity (Wildman–Crippen MR) is 155 cm³/mol. The molecule has 0 aliphatic carbocycles. The fraction of sp³-hybridized carbons (Fsp3) is 0.414. The maximum absolute atomic E-state index is 11.1. The van der Waals surface area contributed by atoms with Gasteiger partial charge in [-0.3, -0.25) is 4.57 Å². The van der Waals surface area contributed by atoms with E-state index in [9.17, 15) is 10.2 Å². The Morgan fingerprint density at radius 3 is 2.17 bits per heavy atom. The first-order valence-electron chi connectivity index (χ1n) is 13.4. The predicted octanol–water partition coefficient (Wildman–Crippen LogP) is 1.79. The normalized spacial score (nSPS) is 21.8. The van der Waals surface area contributed by atoms with Gasteiger partial charge in [0, 0.05) is 13.5 Å². The quantitative estimate of drug-likeness (QED) is 0.260. The van der Waals surface area contributed by atoms with Gasteiger partial charge in [-0.05, 0) is 15.4 Å². The lowest BCUT2D eigenvalue weighted by atomic mass is 10.1. The number of rotatable bonds is 9. The molecule has 40 heavy (non-hydrogen) atoms. The SMILES string of the molecule is COCCc1nc(N)c2ncn([C@@H]3O[C@H](CO[Si](c4ccccc4)(c4ccccc4)C(C)(C)C)C(O)C3O)c2n1. The number of nitrogens with zero attached hydrogens (tertiary/aromatic N) is 4. The minimum absolute atomic E-state index is 0.0881. The summed E-state index contributed by atoms with van der Waals surface area (Å²) in [5, 5.41) is 24.2. The minimum atomic E-state index is -2.87. The van der Waals surface area contributed by atoms with Crippen LogP contribution in [0.15, 0.2) is 67.0 Å². The standard InChI is InChI=1S/C29H37N5O5Si/c1-29(2,3)40(19-11-7-5-8-12-19,20-13-9-6-10-14-20)38-17-21-24(35)25(36)28(39-21)34-18-31-23-26(30)32-22(15-16-37-4)33-27(23)34/h5-14,18,21,24-25,28,35-36H,15-17H2,1-4H3,(H2,30,32,33)/t21-,24?,25?,28-/m1/s1. The van der Waals surface area contributed by atoms with E-state index in [0.29, 0.717) is 30.0 Å². The highest BCUT2D eigenvalue weighted by Crippen LogP contribution is 2.38. The fourth-order valence-corrected chi connectivity index (χ4v) is 10.1. The number of hydrogen-bond acceptors (Lipinski definition) is 9. The third-order valence-corrected chi connectivity index (χ3v) is 12.5. The molecule has 4 N–H and O–H groups in total. The molecule has 212 valence electrons. The molecule has 0 amide bonds. The smallest absolute Gasteiger partial charge is 0.261 e. The van der Waals surface area contributed by atoms with Crippen LogP contribution in [0.1, 0.15) is 32.8 Å². The second-order valence-corrected chi connectivity index (χ2v) is 15.4. The van der Waals surface area contributed by atoms with Crippen LogP contribution in [-0.2, 0) is 20.3 Å². The van der Waals surface area contributed by atoms with Crippen LogP contribution in [0.2, 0.25) is 5.04 Å². The molecule has 0 saturated carbocycles. The lowest BCUT2D eigenvalue weighted by Crippen LogP contribution is -2.67. The zero-order chi connectivity index (χ0) is 28.5. The Morgan fingerprint density at radius 2 is 1.60 bits per heavy atom. The molecule has 1 aliphatic heterocycles. The van der Waals surface area contributed by atoms with E-state index in [0.717, 1.165) is 10.4 Å². The number of anilines is 1. The Kier molecular flexibility index (Phi) is 8.05. The molecule has 1 aliphatic rings. The van der Waals surface area contributed by atoms with Crippen molar-refractivity contribution in [3.05, 3.63) is 72.8 Å². The molecule has 0 spiro atoms. The molecule has 2 unspecified atom stereocenters. The van der Waals surface area contributed by atoms with Gasteiger partial charge in [0.25, 0.3) is 8.32 Å². The molecule has 10 nitrogen and oxygen atoms in total. The highest BCUT2D eigenvalue weighted by Gasteiger charge is 2.52. The number of nitrogens with two attached hydrogens (primary N) is 1. The summed E-state index contributed by atoms with van der Waals surface area (Å²) in [6.45, 7) is 7.08. The summed E-state index contributed by atoms with van der Waals surface area (Å²) >= 11 is 0. The average Bonchev–Trinajstić information content (AvgIpc) is 3.49. The molecular weight excluding hydrogens is 526 g/mol. The minimum Gasteiger partial charge on any atom is -0.405 e. The van der Waals surface area contributed by atoms with E-state index in [2.05, 4.69) is 60.0 Å². The zero-order valence-corrected chi connectivity index (χ0v) is 24.3. The number of nitrogen functional groups attached to an aromatic ring is 1. The highest BCUT2D eigenvalue weighted by atomic mass is 28.4. The molecule has 1 fully saturated rings. The summed E-state index contributed by atoms with van der Waals surface area (Å²) in [6.07, 6.45) is -2.17. The van der Waals surface area contributed by atoms with E-state index in [1.165, 1.54) is 6.33 Å². The van der Waals surface area contributed by atoms with Crippen LogP contribution < -0.4 is 16.1 Å². The van der Waals surface area contributed by atoms with Crippen molar-refractivity contribution in [2.45, 2.75) is 56.8 Å². The number of hydrogen-bond donors (Lipinski definition) is 3. The van der Waals surface area contributed by atoms with E-state index in [4.69, 9.17) is 19.6 Å². The van der Waals surface area contributed by atoms with Crippen LogP contribution in [0.25, 0.3) is 11.2 Å². The Labute approximate surface area is 234 Å². The number of ether oxygens (including phenoxy) is 2. The van der Waals surface area contributed by atoms with Crippen molar-refractivity contribution in [3.63, 3.8) is 0 Å². The summed E-state index contributed by atoms with van der Waals surface area (Å²) in [4.78, 5) is 13.2. The van der Waals surface area contributed by atoms with Crippen LogP contribution in [0.4, 0.5) is 5.82 Å². The first-order chi connectivity index (χ1) is 19.2. The number of methoxy groups -OCH3 is 1. The molecule has 3 heterocycles. The first-order valence-corrected chi connectivity index (χ1v) is 15.3. The number of aromatic nitrogens is 4. The van der Waals surface area contributed by atoms with Gasteiger partial charge in [0.15, 0.2) is 17.7 Å². The molecule has 4 aromatic rings. The molecule has 1 saturated heterocycles. The molecule has 11 heteroatoms. The molecular formula is C29H37N5O5Si. The second-order valence-electron chi connectivity index (χ2n) is 11.1. The monoisotopic (exact) mass is 563 g/mol. The number of benzene rings is 2. The van der Waals surface area contributed by atoms with Gasteiger partial charge in [0.05, 0.1) is 19.5 Å². The van der Waals surface area contributed by atoms with E-state index >= 15 is 0 Å². The van der Waals surface area contributed by atoms with Crippen molar-refractivity contribution in [2.24, 2.45) is 0 Å². The topological polar surface area (TPSA) is 138 Å². The number of imidazole rings is 1. The first kappa shape index (κ1) is 28.3. The van der Waals surface area contributed by atoms with E-state index in [1.54, 1.807) is 11.7 Å². The molecule has 4 atom stereocenters. The van der Waals surface area contributed by atoms with Crippen LogP contribution >= 0.6 is 0 Å². The van der Waals surface area contributed by atoms with Gasteiger partial charge in [0.1, 0.15) is 29.7 Å². The van der Waals surface area contributed by atoms with Gasteiger partial charge in [0.2, 0.25) is 0 Å². The van der Waals surface area contributed by atoms with Crippen LogP contribution in [0.3, 0.4) is 0 Å². The Morgan fingerprint density at radius 1 is 0.975 bits per heavy atom. The Hall–Kier alpha value is -3.19. The van der Waals surface area contributed by atoms with Gasteiger partial charge in [-0.1, -0.05) is 81.4 Å². The van der Waals surface area contributed by atoms with E-state index < -0.39 is 32.9 Å². The van der Waals surface area contributed by atoms with E-state index in [-0.39, 0.29) is 17.5 Å². The van der Waals surface area contributed by atoms with Gasteiger partial charge in [-0.15, -0.1) is 0 Å². The third-order valence-electron chi connectivity index (χ3n) is 7.52. The number of aliphatic hydroxyl groups is 2. The van der Waals surface area contributed by atoms with Crippen molar-refractivity contribution in [1.82, 2.24) is 19.5 Å². The van der Waals surface area contributed by atoms with Crippen molar-refractivity contribution in [2.75, 3.05) is 26.1 Å². The summed E-state index contributed by atoms with van der Waals surface area (Å²) < 4.78 is 20.0. The average molecular weight is 564 g/mol. The number of aliphatic hydroxyl groups excluding tert-OH is 2. The van der Waals surface area contributed by atoms with Crippen LogP contribution in [0, 0.1) is 0 Å².